The van der Waals surface area contributed by atoms with Crippen LogP contribution in [-0.2, 0) is 0 Å². The van der Waals surface area contributed by atoms with Crippen LogP contribution in [0.25, 0.3) is 177 Å². The summed E-state index contributed by atoms with van der Waals surface area (Å²) < 4.78 is 32.4. The highest BCUT2D eigenvalue weighted by molar-refractivity contribution is 14.1. The summed E-state index contributed by atoms with van der Waals surface area (Å²) in [6.45, 7) is 0. The maximum absolute atomic E-state index is 6.16. The van der Waals surface area contributed by atoms with Crippen molar-refractivity contribution in [3.05, 3.63) is 471 Å². The first kappa shape index (κ1) is 85.1. The number of hydrogen-bond donors (Lipinski definition) is 1. The summed E-state index contributed by atoms with van der Waals surface area (Å²) in [5.41, 5.74) is 28.9. The molecule has 0 aliphatic rings. The fourth-order valence-electron chi connectivity index (χ4n) is 15.4. The van der Waals surface area contributed by atoms with Gasteiger partial charge in [-0.25, -0.2) is 0 Å². The number of furan rings is 4. The van der Waals surface area contributed by atoms with Gasteiger partial charge in [0.05, 0.1) is 0 Å². The Kier molecular flexibility index (Phi) is 26.9. The predicted molar refractivity (Wildman–Crippen MR) is 570 cm³/mol. The van der Waals surface area contributed by atoms with Crippen molar-refractivity contribution in [2.24, 2.45) is 0 Å². The molecule has 0 bridgehead atoms. The van der Waals surface area contributed by atoms with Crippen LogP contribution >= 0.6 is 131 Å². The molecule has 12 heteroatoms. The molecule has 0 aliphatic carbocycles. The minimum absolute atomic E-state index is 0.928. The van der Waals surface area contributed by atoms with E-state index in [1.807, 2.05) is 91.0 Å². The predicted octanol–water partition coefficient (Wildman–Crippen LogP) is 37.7. The number of anilines is 2. The quantitative estimate of drug-likeness (QED) is 0.138. The lowest BCUT2D eigenvalue weighted by atomic mass is 9.99. The third kappa shape index (κ3) is 20.1. The van der Waals surface area contributed by atoms with E-state index in [9.17, 15) is 0 Å². The van der Waals surface area contributed by atoms with Gasteiger partial charge in [-0.2, -0.15) is 0 Å². The molecule has 608 valence electrons. The molecular formula is C114H74Br4I3NO4. The van der Waals surface area contributed by atoms with Crippen LogP contribution in [-0.4, -0.2) is 0 Å². The molecule has 0 aliphatic heterocycles. The second kappa shape index (κ2) is 39.9. The fourth-order valence-corrected chi connectivity index (χ4v) is 17.6. The summed E-state index contributed by atoms with van der Waals surface area (Å²) in [4.78, 5) is 0. The van der Waals surface area contributed by atoms with Crippen molar-refractivity contribution in [3.8, 4) is 89.0 Å². The van der Waals surface area contributed by atoms with E-state index in [1.165, 1.54) is 87.9 Å². The maximum atomic E-state index is 6.16. The topological polar surface area (TPSA) is 64.6 Å². The van der Waals surface area contributed by atoms with Gasteiger partial charge in [-0.1, -0.05) is 361 Å². The zero-order valence-electron chi connectivity index (χ0n) is 67.4. The summed E-state index contributed by atoms with van der Waals surface area (Å²) in [7, 11) is 0. The van der Waals surface area contributed by atoms with Gasteiger partial charge in [-0.15, -0.1) is 0 Å². The van der Waals surface area contributed by atoms with Crippen LogP contribution in [0.1, 0.15) is 0 Å². The number of benzene rings is 19. The van der Waals surface area contributed by atoms with E-state index in [4.69, 9.17) is 17.7 Å². The van der Waals surface area contributed by atoms with Gasteiger partial charge in [0.2, 0.25) is 0 Å². The Bertz CT molecular complexity index is 7550. The largest absolute Gasteiger partial charge is 0.456 e. The van der Waals surface area contributed by atoms with E-state index < -0.39 is 0 Å². The Labute approximate surface area is 805 Å². The van der Waals surface area contributed by atoms with Gasteiger partial charge >= 0.3 is 0 Å². The van der Waals surface area contributed by atoms with Crippen LogP contribution in [0, 0.1) is 10.7 Å². The van der Waals surface area contributed by atoms with Crippen molar-refractivity contribution in [1.29, 1.82) is 0 Å². The van der Waals surface area contributed by atoms with Gasteiger partial charge in [0.1, 0.15) is 44.7 Å². The van der Waals surface area contributed by atoms with Crippen LogP contribution in [0.4, 0.5) is 11.4 Å². The summed E-state index contributed by atoms with van der Waals surface area (Å²) in [6.07, 6.45) is 0. The van der Waals surface area contributed by atoms with Crippen molar-refractivity contribution in [2.45, 2.75) is 0 Å². The van der Waals surface area contributed by atoms with Crippen LogP contribution in [0.2, 0.25) is 0 Å². The van der Waals surface area contributed by atoms with Gasteiger partial charge in [0.25, 0.3) is 0 Å². The number of halogens is 7. The second-order valence-corrected chi connectivity index (χ2v) is 37.3. The smallest absolute Gasteiger partial charge is 0.143 e. The van der Waals surface area contributed by atoms with Crippen LogP contribution < -0.4 is 5.32 Å². The summed E-state index contributed by atoms with van der Waals surface area (Å²) in [5.74, 6) is 0. The number of hydrogen-bond acceptors (Lipinski definition) is 5. The molecule has 4 heterocycles. The number of para-hydroxylation sites is 8. The molecule has 0 fully saturated rings. The minimum atomic E-state index is 0.928. The zero-order chi connectivity index (χ0) is 85.8. The molecule has 0 unspecified atom stereocenters. The number of nitrogens with one attached hydrogen (secondary N) is 1. The standard InChI is InChI=1S/C24H15BrO.C24H17NO.2C18H11BrO.C18H12I2.C12H8BrI/c25-19-14-12-17(13-15-19)16-8-10-18(11-9-16)20-5-3-6-22-21-4-1-2-7-23(21)26-24(20)22;1-2-7-18(8-3-1)25-19-15-13-17(14-16-19)20-10-6-11-22-21-9-4-5-12-23(21)26-24(20)22;19-13-10-8-12(9-11-13)14-5-3-6-16-15-4-1-2-7-17(15)20-18(14)16;19-14-8-5-12(6-9-14)13-7-10-18-16(11-13)15-3-1-2-4-17(15)20-18;19-17-9-5-15(6-10-17)13-1-2-14(4-3-13)16-7-11-18(20)12-8-16;13-11-5-1-9(2-6-11)10-3-7-12(14)8-4-10/h1-15H;1-16,25H;2*1-11H;1-12H;1-8H. The zero-order valence-corrected chi connectivity index (χ0v) is 80.2. The first-order chi connectivity index (χ1) is 61.8. The Balaban J connectivity index is 0.000000104. The molecule has 0 atom stereocenters. The lowest BCUT2D eigenvalue weighted by Crippen LogP contribution is -1.89. The highest BCUT2D eigenvalue weighted by atomic mass is 127. The normalized spacial score (nSPS) is 11.0. The van der Waals surface area contributed by atoms with Crippen molar-refractivity contribution in [2.75, 3.05) is 5.32 Å². The summed E-state index contributed by atoms with van der Waals surface area (Å²) >= 11 is 20.8. The summed E-state index contributed by atoms with van der Waals surface area (Å²) in [5, 5.41) is 12.7. The Morgan fingerprint density at radius 3 is 0.722 bits per heavy atom. The minimum Gasteiger partial charge on any atom is -0.456 e. The molecule has 23 aromatic rings. The molecule has 0 saturated heterocycles. The molecule has 0 amide bonds. The third-order valence-corrected chi connectivity index (χ3v) is 26.1. The molecule has 5 nitrogen and oxygen atoms in total. The Morgan fingerprint density at radius 1 is 0.167 bits per heavy atom. The first-order valence-electron chi connectivity index (χ1n) is 40.9. The second-order valence-electron chi connectivity index (χ2n) is 29.9. The van der Waals surface area contributed by atoms with Gasteiger partial charge in [0, 0.05) is 99.8 Å². The SMILES string of the molecule is Brc1ccc(-c2ccc(-c3cccc4c3oc3ccccc34)cc2)cc1.Brc1ccc(-c2ccc(I)cc2)cc1.Brc1ccc(-c2ccc3oc4ccccc4c3c2)cc1.Brc1ccc(-c2cccc3c2oc2ccccc23)cc1.Ic1ccc(-c2ccc(-c3ccc(I)cc3)cc2)cc1.c1ccc(Nc2ccc(-c3cccc4c3oc3ccccc34)cc2)cc1. The third-order valence-electron chi connectivity index (χ3n) is 21.8. The average Bonchev–Trinajstić information content (AvgIpc) is 1.62. The highest BCUT2D eigenvalue weighted by Gasteiger charge is 2.17. The maximum Gasteiger partial charge on any atom is 0.143 e. The lowest BCUT2D eigenvalue weighted by Gasteiger charge is -2.08. The van der Waals surface area contributed by atoms with Crippen molar-refractivity contribution in [1.82, 2.24) is 0 Å². The summed E-state index contributed by atoms with van der Waals surface area (Å²) in [6, 6.07) is 153. The van der Waals surface area contributed by atoms with Crippen molar-refractivity contribution < 1.29 is 17.7 Å². The van der Waals surface area contributed by atoms with Crippen LogP contribution in [0.5, 0.6) is 0 Å². The molecule has 126 heavy (non-hydrogen) atoms. The van der Waals surface area contributed by atoms with Gasteiger partial charge in [0.15, 0.2) is 0 Å². The molecule has 23 rings (SSSR count). The van der Waals surface area contributed by atoms with E-state index >= 15 is 0 Å². The fraction of sp³-hybridized carbons (Fsp3) is 0. The molecule has 0 saturated carbocycles. The van der Waals surface area contributed by atoms with E-state index in [0.29, 0.717) is 0 Å². The Hall–Kier alpha value is -11.7. The number of fused-ring (bicyclic) bond motifs is 12. The van der Waals surface area contributed by atoms with Crippen LogP contribution in [0.15, 0.2) is 478 Å². The van der Waals surface area contributed by atoms with E-state index in [2.05, 4.69) is 489 Å². The van der Waals surface area contributed by atoms with Gasteiger partial charge in [-0.3, -0.25) is 0 Å². The van der Waals surface area contributed by atoms with Gasteiger partial charge < -0.3 is 23.0 Å². The molecule has 0 spiro atoms. The van der Waals surface area contributed by atoms with Crippen LogP contribution in [0.3, 0.4) is 0 Å². The van der Waals surface area contributed by atoms with E-state index in [-0.39, 0.29) is 0 Å². The highest BCUT2D eigenvalue weighted by Crippen LogP contribution is 2.42. The van der Waals surface area contributed by atoms with E-state index in [0.717, 1.165) is 129 Å². The average molecular weight is 2220 g/mol. The van der Waals surface area contributed by atoms with Crippen molar-refractivity contribution in [3.63, 3.8) is 0 Å². The van der Waals surface area contributed by atoms with Crippen molar-refractivity contribution >= 4 is 231 Å². The molecule has 4 aromatic heterocycles. The van der Waals surface area contributed by atoms with E-state index in [1.54, 1.807) is 0 Å². The number of rotatable bonds is 10. The first-order valence-corrected chi connectivity index (χ1v) is 47.3. The Morgan fingerprint density at radius 2 is 0.389 bits per heavy atom. The lowest BCUT2D eigenvalue weighted by molar-refractivity contribution is 0.669. The van der Waals surface area contributed by atoms with Gasteiger partial charge in [-0.05, 0) is 286 Å². The molecule has 19 aromatic carbocycles. The molecule has 0 radical (unpaired) electrons. The molecule has 1 N–H and O–H groups in total. The monoisotopic (exact) mass is 2220 g/mol. The molecular weight excluding hydrogens is 2150 g/mol.